The maximum absolute atomic E-state index is 11.7. The molecule has 0 spiro atoms. The van der Waals surface area contributed by atoms with Gasteiger partial charge >= 0.3 is 6.09 Å². The molecular formula is C24H28N6O2. The molecule has 0 saturated carbocycles. The number of nitrogens with one attached hydrogen (secondary N) is 2. The van der Waals surface area contributed by atoms with E-state index in [0.29, 0.717) is 17.2 Å². The van der Waals surface area contributed by atoms with Gasteiger partial charge in [0.15, 0.2) is 5.82 Å². The highest BCUT2D eigenvalue weighted by atomic mass is 16.4. The van der Waals surface area contributed by atoms with Gasteiger partial charge in [0.25, 0.3) is 0 Å². The van der Waals surface area contributed by atoms with Crippen molar-refractivity contribution in [3.8, 4) is 6.07 Å². The van der Waals surface area contributed by atoms with E-state index in [9.17, 15) is 15.2 Å². The minimum absolute atomic E-state index is 0.258. The summed E-state index contributed by atoms with van der Waals surface area (Å²) in [6.45, 7) is 9.67. The van der Waals surface area contributed by atoms with Crippen LogP contribution in [0.1, 0.15) is 40.2 Å². The summed E-state index contributed by atoms with van der Waals surface area (Å²) in [5, 5.41) is 26.7. The summed E-state index contributed by atoms with van der Waals surface area (Å²) in [7, 11) is 0. The Morgan fingerprint density at radius 3 is 2.56 bits per heavy atom. The number of carbonyl (C=O) groups is 1. The number of anilines is 3. The van der Waals surface area contributed by atoms with Crippen molar-refractivity contribution in [2.24, 2.45) is 0 Å². The van der Waals surface area contributed by atoms with Gasteiger partial charge in [0.05, 0.1) is 16.6 Å². The van der Waals surface area contributed by atoms with Gasteiger partial charge in [-0.3, -0.25) is 4.98 Å². The number of carboxylic acid groups (broad SMARTS) is 1. The Morgan fingerprint density at radius 2 is 1.91 bits per heavy atom. The van der Waals surface area contributed by atoms with Crippen LogP contribution in [0.15, 0.2) is 48.7 Å². The lowest BCUT2D eigenvalue weighted by Crippen LogP contribution is -2.53. The molecule has 0 fully saturated rings. The predicted octanol–water partition coefficient (Wildman–Crippen LogP) is 5.21. The Kier molecular flexibility index (Phi) is 6.21. The van der Waals surface area contributed by atoms with Gasteiger partial charge in [-0.25, -0.2) is 9.78 Å². The van der Waals surface area contributed by atoms with Gasteiger partial charge in [-0.05, 0) is 71.0 Å². The summed E-state index contributed by atoms with van der Waals surface area (Å²) >= 11 is 0. The van der Waals surface area contributed by atoms with Crippen LogP contribution in [0, 0.1) is 11.3 Å². The summed E-state index contributed by atoms with van der Waals surface area (Å²) in [5.74, 6) is 0.959. The number of pyridine rings is 2. The molecule has 0 aliphatic heterocycles. The summed E-state index contributed by atoms with van der Waals surface area (Å²) in [6, 6.07) is 15.1. The first-order valence-electron chi connectivity index (χ1n) is 10.3. The zero-order valence-electron chi connectivity index (χ0n) is 19.0. The monoisotopic (exact) mass is 432 g/mol. The molecule has 3 rings (SSSR count). The molecule has 3 N–H and O–H groups in total. The highest BCUT2D eigenvalue weighted by molar-refractivity contribution is 5.83. The standard InChI is InChI=1S/C24H28N6O2/c1-23(2,3)30(22(31)32)15-24(4,5)29-20-11-8-17(14-25)21(28-20)27-18-9-10-19-16(13-18)7-6-12-26-19/h6-13H,15H2,1-5H3,(H,31,32)(H2,27,28,29). The topological polar surface area (TPSA) is 114 Å². The predicted molar refractivity (Wildman–Crippen MR) is 126 cm³/mol. The first-order chi connectivity index (χ1) is 15.0. The van der Waals surface area contributed by atoms with E-state index in [1.54, 1.807) is 18.3 Å². The number of nitrogens with zero attached hydrogens (tertiary/aromatic N) is 4. The first kappa shape index (κ1) is 22.8. The molecule has 3 aromatic rings. The van der Waals surface area contributed by atoms with Crippen molar-refractivity contribution >= 4 is 34.3 Å². The van der Waals surface area contributed by atoms with Crippen LogP contribution in [0.3, 0.4) is 0 Å². The van der Waals surface area contributed by atoms with E-state index in [1.165, 1.54) is 4.90 Å². The number of nitriles is 1. The number of aromatic nitrogens is 2. The quantitative estimate of drug-likeness (QED) is 0.489. The van der Waals surface area contributed by atoms with Crippen LogP contribution in [-0.4, -0.2) is 43.7 Å². The van der Waals surface area contributed by atoms with E-state index in [-0.39, 0.29) is 6.54 Å². The summed E-state index contributed by atoms with van der Waals surface area (Å²) in [5.41, 5.74) is 0.932. The number of rotatable bonds is 6. The Bertz CT molecular complexity index is 1180. The summed E-state index contributed by atoms with van der Waals surface area (Å²) in [6.07, 6.45) is 0.764. The molecule has 0 radical (unpaired) electrons. The molecule has 0 aliphatic carbocycles. The lowest BCUT2D eigenvalue weighted by Gasteiger charge is -2.39. The SMILES string of the molecule is CC(C)(CN(C(=O)O)C(C)(C)C)Nc1ccc(C#N)c(Nc2ccc3ncccc3c2)n1. The van der Waals surface area contributed by atoms with Gasteiger partial charge < -0.3 is 20.6 Å². The molecule has 1 amide bonds. The van der Waals surface area contributed by atoms with E-state index in [4.69, 9.17) is 0 Å². The largest absolute Gasteiger partial charge is 0.465 e. The van der Waals surface area contributed by atoms with Crippen molar-refractivity contribution in [2.45, 2.75) is 45.7 Å². The van der Waals surface area contributed by atoms with E-state index < -0.39 is 17.2 Å². The number of fused-ring (bicyclic) bond motifs is 1. The second-order valence-electron chi connectivity index (χ2n) is 9.29. The van der Waals surface area contributed by atoms with Crippen molar-refractivity contribution in [1.82, 2.24) is 14.9 Å². The number of hydrogen-bond acceptors (Lipinski definition) is 6. The molecule has 2 aromatic heterocycles. The third-order valence-electron chi connectivity index (χ3n) is 4.94. The van der Waals surface area contributed by atoms with E-state index in [2.05, 4.69) is 26.7 Å². The van der Waals surface area contributed by atoms with Crippen molar-refractivity contribution in [3.63, 3.8) is 0 Å². The van der Waals surface area contributed by atoms with Crippen LogP contribution in [0.4, 0.5) is 22.1 Å². The molecule has 0 aliphatic rings. The lowest BCUT2D eigenvalue weighted by molar-refractivity contribution is 0.0900. The molecule has 32 heavy (non-hydrogen) atoms. The summed E-state index contributed by atoms with van der Waals surface area (Å²) in [4.78, 5) is 22.0. The molecule has 2 heterocycles. The summed E-state index contributed by atoms with van der Waals surface area (Å²) < 4.78 is 0. The molecule has 8 nitrogen and oxygen atoms in total. The Morgan fingerprint density at radius 1 is 1.16 bits per heavy atom. The van der Waals surface area contributed by atoms with Crippen LogP contribution in [0.2, 0.25) is 0 Å². The van der Waals surface area contributed by atoms with E-state index in [1.807, 2.05) is 65.0 Å². The van der Waals surface area contributed by atoms with Crippen LogP contribution in [0.25, 0.3) is 10.9 Å². The van der Waals surface area contributed by atoms with E-state index >= 15 is 0 Å². The van der Waals surface area contributed by atoms with Crippen LogP contribution >= 0.6 is 0 Å². The van der Waals surface area contributed by atoms with Gasteiger partial charge in [-0.2, -0.15) is 5.26 Å². The molecular weight excluding hydrogens is 404 g/mol. The molecule has 166 valence electrons. The Hall–Kier alpha value is -3.86. The average molecular weight is 433 g/mol. The van der Waals surface area contributed by atoms with Crippen molar-refractivity contribution in [1.29, 1.82) is 5.26 Å². The second-order valence-corrected chi connectivity index (χ2v) is 9.29. The molecule has 0 saturated heterocycles. The second kappa shape index (κ2) is 8.71. The first-order valence-corrected chi connectivity index (χ1v) is 10.3. The Labute approximate surface area is 187 Å². The van der Waals surface area contributed by atoms with Crippen LogP contribution in [0.5, 0.6) is 0 Å². The van der Waals surface area contributed by atoms with Crippen LogP contribution in [-0.2, 0) is 0 Å². The van der Waals surface area contributed by atoms with Crippen LogP contribution < -0.4 is 10.6 Å². The number of benzene rings is 1. The van der Waals surface area contributed by atoms with Crippen molar-refractivity contribution in [3.05, 3.63) is 54.2 Å². The molecule has 0 unspecified atom stereocenters. The molecule has 0 atom stereocenters. The van der Waals surface area contributed by atoms with Gasteiger partial charge in [-0.1, -0.05) is 6.07 Å². The van der Waals surface area contributed by atoms with Gasteiger partial charge in [-0.15, -0.1) is 0 Å². The highest BCUT2D eigenvalue weighted by Gasteiger charge is 2.32. The van der Waals surface area contributed by atoms with Crippen molar-refractivity contribution in [2.75, 3.05) is 17.2 Å². The fraction of sp³-hybridized carbons (Fsp3) is 0.333. The van der Waals surface area contributed by atoms with Gasteiger partial charge in [0, 0.05) is 29.4 Å². The van der Waals surface area contributed by atoms with Gasteiger partial charge in [0.1, 0.15) is 11.9 Å². The highest BCUT2D eigenvalue weighted by Crippen LogP contribution is 2.26. The van der Waals surface area contributed by atoms with Gasteiger partial charge in [0.2, 0.25) is 0 Å². The molecule has 8 heteroatoms. The normalized spacial score (nSPS) is 11.6. The lowest BCUT2D eigenvalue weighted by atomic mass is 9.99. The molecule has 0 bridgehead atoms. The smallest absolute Gasteiger partial charge is 0.407 e. The number of hydrogen-bond donors (Lipinski definition) is 3. The fourth-order valence-electron chi connectivity index (χ4n) is 3.38. The Balaban J connectivity index is 1.85. The minimum atomic E-state index is -0.978. The third kappa shape index (κ3) is 5.43. The zero-order chi connectivity index (χ0) is 23.5. The fourth-order valence-corrected chi connectivity index (χ4v) is 3.38. The maximum atomic E-state index is 11.7. The average Bonchev–Trinajstić information content (AvgIpc) is 2.71. The van der Waals surface area contributed by atoms with E-state index in [0.717, 1.165) is 16.6 Å². The minimum Gasteiger partial charge on any atom is -0.465 e. The third-order valence-corrected chi connectivity index (χ3v) is 4.94. The maximum Gasteiger partial charge on any atom is 0.407 e. The molecule has 1 aromatic carbocycles. The van der Waals surface area contributed by atoms with Crippen molar-refractivity contribution < 1.29 is 9.90 Å². The number of amides is 1. The zero-order valence-corrected chi connectivity index (χ0v) is 19.0.